The molecule has 0 radical (unpaired) electrons. The summed E-state index contributed by atoms with van der Waals surface area (Å²) in [7, 11) is 0. The van der Waals surface area contributed by atoms with Crippen LogP contribution in [0.15, 0.2) is 60.9 Å². The molecule has 1 atom stereocenters. The summed E-state index contributed by atoms with van der Waals surface area (Å²) < 4.78 is 5.90. The number of aromatic nitrogens is 2. The number of hydrogen-bond acceptors (Lipinski definition) is 6. The second kappa shape index (κ2) is 9.88. The fourth-order valence-corrected chi connectivity index (χ4v) is 3.75. The second-order valence-corrected chi connectivity index (χ2v) is 7.44. The van der Waals surface area contributed by atoms with Gasteiger partial charge in [0, 0.05) is 37.2 Å². The third-order valence-corrected chi connectivity index (χ3v) is 5.24. The Bertz CT molecular complexity index is 978. The number of carboxylic acid groups (broad SMARTS) is 1. The lowest BCUT2D eigenvalue weighted by molar-refractivity contribution is -0.137. The molecule has 3 aromatic rings. The van der Waals surface area contributed by atoms with Crippen LogP contribution in [0, 0.1) is 0 Å². The largest absolute Gasteiger partial charge is 0.489 e. The van der Waals surface area contributed by atoms with E-state index < -0.39 is 5.97 Å². The van der Waals surface area contributed by atoms with Gasteiger partial charge in [-0.05, 0) is 24.1 Å². The molecule has 0 saturated carbocycles. The van der Waals surface area contributed by atoms with Crippen LogP contribution in [0.3, 0.4) is 0 Å². The van der Waals surface area contributed by atoms with E-state index in [0.29, 0.717) is 6.61 Å². The molecular formula is C23H27N5O3. The number of fused-ring (bicyclic) bond motifs is 1. The van der Waals surface area contributed by atoms with Gasteiger partial charge in [0.15, 0.2) is 5.95 Å². The number of benzene rings is 2. The van der Waals surface area contributed by atoms with E-state index in [4.69, 9.17) is 4.74 Å². The molecule has 1 aromatic heterocycles. The number of nitrogens with one attached hydrogen (secondary N) is 3. The predicted octanol–water partition coefficient (Wildman–Crippen LogP) is 3.74. The molecule has 162 valence electrons. The summed E-state index contributed by atoms with van der Waals surface area (Å²) in [6, 6.07) is 15.3. The summed E-state index contributed by atoms with van der Waals surface area (Å²) in [5.74, 6) is 0.759. The van der Waals surface area contributed by atoms with Gasteiger partial charge < -0.3 is 30.4 Å². The molecule has 0 spiro atoms. The van der Waals surface area contributed by atoms with E-state index in [-0.39, 0.29) is 12.5 Å². The first-order valence-corrected chi connectivity index (χ1v) is 10.5. The van der Waals surface area contributed by atoms with Gasteiger partial charge in [0.2, 0.25) is 0 Å². The van der Waals surface area contributed by atoms with Crippen molar-refractivity contribution in [2.75, 3.05) is 41.8 Å². The lowest BCUT2D eigenvalue weighted by atomic mass is 10.0. The monoisotopic (exact) mass is 421 g/mol. The van der Waals surface area contributed by atoms with Crippen LogP contribution in [0.25, 0.3) is 0 Å². The number of aliphatic carboxylic acids is 1. The lowest BCUT2D eigenvalue weighted by Gasteiger charge is -2.32. The molecule has 1 aliphatic rings. The highest BCUT2D eigenvalue weighted by molar-refractivity contribution is 5.70. The minimum absolute atomic E-state index is 0.00323. The van der Waals surface area contributed by atoms with Crippen LogP contribution in [0.2, 0.25) is 0 Å². The molecule has 1 aliphatic heterocycles. The third kappa shape index (κ3) is 5.48. The highest BCUT2D eigenvalue weighted by Gasteiger charge is 2.20. The fourth-order valence-electron chi connectivity index (χ4n) is 3.75. The summed E-state index contributed by atoms with van der Waals surface area (Å²) in [5.41, 5.74) is 2.84. The summed E-state index contributed by atoms with van der Waals surface area (Å²) >= 11 is 0. The van der Waals surface area contributed by atoms with Gasteiger partial charge in [0.25, 0.3) is 0 Å². The first kappa shape index (κ1) is 20.6. The van der Waals surface area contributed by atoms with Crippen LogP contribution < -0.4 is 20.3 Å². The van der Waals surface area contributed by atoms with Crippen LogP contribution in [0.5, 0.6) is 5.75 Å². The van der Waals surface area contributed by atoms with Crippen LogP contribution in [0.4, 0.5) is 17.3 Å². The fraction of sp³-hybridized carbons (Fsp3) is 0.304. The molecule has 0 aliphatic carbocycles. The van der Waals surface area contributed by atoms with Crippen molar-refractivity contribution in [3.8, 4) is 5.75 Å². The molecule has 1 unspecified atom stereocenters. The van der Waals surface area contributed by atoms with Gasteiger partial charge in [-0.3, -0.25) is 4.79 Å². The highest BCUT2D eigenvalue weighted by Crippen LogP contribution is 2.35. The zero-order valence-corrected chi connectivity index (χ0v) is 17.3. The van der Waals surface area contributed by atoms with Crippen molar-refractivity contribution < 1.29 is 14.6 Å². The first-order chi connectivity index (χ1) is 15.2. The molecule has 0 bridgehead atoms. The van der Waals surface area contributed by atoms with Crippen LogP contribution in [-0.4, -0.2) is 47.3 Å². The SMILES string of the molecule is O=C(O)CC(Nc1ccc2c(c1)OCCN2CCCNc1ncc[nH]1)c1ccccc1. The maximum atomic E-state index is 11.4. The molecule has 0 amide bonds. The van der Waals surface area contributed by atoms with E-state index in [1.807, 2.05) is 48.5 Å². The van der Waals surface area contributed by atoms with Crippen LogP contribution >= 0.6 is 0 Å². The van der Waals surface area contributed by atoms with Crippen LogP contribution in [0.1, 0.15) is 24.4 Å². The maximum Gasteiger partial charge on any atom is 0.305 e. The Morgan fingerprint density at radius 3 is 2.90 bits per heavy atom. The number of anilines is 3. The summed E-state index contributed by atoms with van der Waals surface area (Å²) in [6.45, 7) is 3.20. The number of hydrogen-bond donors (Lipinski definition) is 4. The average molecular weight is 422 g/mol. The number of imidazole rings is 1. The van der Waals surface area contributed by atoms with Crippen molar-refractivity contribution in [2.24, 2.45) is 0 Å². The van der Waals surface area contributed by atoms with Crippen LogP contribution in [-0.2, 0) is 4.79 Å². The normalized spacial score (nSPS) is 13.7. The number of carboxylic acids is 1. The zero-order chi connectivity index (χ0) is 21.5. The molecule has 31 heavy (non-hydrogen) atoms. The number of H-pyrrole nitrogens is 1. The number of aromatic amines is 1. The second-order valence-electron chi connectivity index (χ2n) is 7.44. The Hall–Kier alpha value is -3.68. The highest BCUT2D eigenvalue weighted by atomic mass is 16.5. The Kier molecular flexibility index (Phi) is 6.56. The quantitative estimate of drug-likeness (QED) is 0.370. The summed E-state index contributed by atoms with van der Waals surface area (Å²) in [6.07, 6.45) is 4.49. The molecule has 8 nitrogen and oxygen atoms in total. The van der Waals surface area contributed by atoms with Crippen molar-refractivity contribution in [2.45, 2.75) is 18.9 Å². The van der Waals surface area contributed by atoms with Gasteiger partial charge in [-0.25, -0.2) is 4.98 Å². The lowest BCUT2D eigenvalue weighted by Crippen LogP contribution is -2.34. The Morgan fingerprint density at radius 1 is 1.26 bits per heavy atom. The standard InChI is InChI=1S/C23H27N5O3/c29-22(30)16-19(17-5-2-1-3-6-17)27-18-7-8-20-21(15-18)31-14-13-28(20)12-4-9-24-23-25-10-11-26-23/h1-3,5-8,10-11,15,19,27H,4,9,12-14,16H2,(H,29,30)(H2,24,25,26). The smallest absolute Gasteiger partial charge is 0.305 e. The molecule has 2 heterocycles. The van der Waals surface area contributed by atoms with E-state index >= 15 is 0 Å². The van der Waals surface area contributed by atoms with E-state index in [0.717, 1.165) is 54.7 Å². The topological polar surface area (TPSA) is 103 Å². The number of nitrogens with zero attached hydrogens (tertiary/aromatic N) is 2. The van der Waals surface area contributed by atoms with E-state index in [9.17, 15) is 9.90 Å². The molecule has 4 N–H and O–H groups in total. The van der Waals surface area contributed by atoms with E-state index in [1.165, 1.54) is 0 Å². The van der Waals surface area contributed by atoms with Gasteiger partial charge in [-0.2, -0.15) is 0 Å². The molecule has 4 rings (SSSR count). The number of carbonyl (C=O) groups is 1. The Morgan fingerprint density at radius 2 is 2.13 bits per heavy atom. The van der Waals surface area contributed by atoms with E-state index in [1.54, 1.807) is 12.4 Å². The van der Waals surface area contributed by atoms with Crippen molar-refractivity contribution in [1.29, 1.82) is 0 Å². The average Bonchev–Trinajstić information content (AvgIpc) is 3.30. The van der Waals surface area contributed by atoms with Gasteiger partial charge >= 0.3 is 5.97 Å². The Labute approximate surface area is 181 Å². The summed E-state index contributed by atoms with van der Waals surface area (Å²) in [4.78, 5) is 20.9. The van der Waals surface area contributed by atoms with Crippen molar-refractivity contribution >= 4 is 23.3 Å². The minimum Gasteiger partial charge on any atom is -0.489 e. The number of ether oxygens (including phenoxy) is 1. The maximum absolute atomic E-state index is 11.4. The van der Waals surface area contributed by atoms with Crippen molar-refractivity contribution in [3.05, 3.63) is 66.5 Å². The van der Waals surface area contributed by atoms with Gasteiger partial charge in [-0.15, -0.1) is 0 Å². The Balaban J connectivity index is 1.40. The van der Waals surface area contributed by atoms with E-state index in [2.05, 4.69) is 25.5 Å². The molecule has 8 heteroatoms. The predicted molar refractivity (Wildman–Crippen MR) is 121 cm³/mol. The minimum atomic E-state index is -0.843. The number of rotatable bonds is 10. The zero-order valence-electron chi connectivity index (χ0n) is 17.3. The summed E-state index contributed by atoms with van der Waals surface area (Å²) in [5, 5.41) is 16.0. The third-order valence-electron chi connectivity index (χ3n) is 5.24. The molecular weight excluding hydrogens is 394 g/mol. The van der Waals surface area contributed by atoms with Gasteiger partial charge in [0.05, 0.1) is 24.7 Å². The molecule has 2 aromatic carbocycles. The van der Waals surface area contributed by atoms with Crippen molar-refractivity contribution in [1.82, 2.24) is 9.97 Å². The van der Waals surface area contributed by atoms with Gasteiger partial charge in [0.1, 0.15) is 12.4 Å². The van der Waals surface area contributed by atoms with Crippen molar-refractivity contribution in [3.63, 3.8) is 0 Å². The molecule has 0 fully saturated rings. The molecule has 0 saturated heterocycles. The van der Waals surface area contributed by atoms with Gasteiger partial charge in [-0.1, -0.05) is 30.3 Å². The first-order valence-electron chi connectivity index (χ1n) is 10.5.